The van der Waals surface area contributed by atoms with Crippen LogP contribution < -0.4 is 0 Å². The van der Waals surface area contributed by atoms with Crippen LogP contribution in [0.3, 0.4) is 0 Å². The largest absolute Gasteiger partial charge is 0.367 e. The SMILES string of the molecule is Clc1ccc([C@H](Cn2ccnc2)OCc2ccc(Sc3ccccc3)cc2)c(Cl)c1.O=[N+]([O-])O. The fourth-order valence-corrected chi connectivity index (χ4v) is 4.43. The van der Waals surface area contributed by atoms with Gasteiger partial charge in [-0.3, -0.25) is 0 Å². The highest BCUT2D eigenvalue weighted by atomic mass is 35.5. The maximum atomic E-state index is 8.36. The molecule has 10 heteroatoms. The molecule has 0 aliphatic rings. The molecule has 0 amide bonds. The van der Waals surface area contributed by atoms with E-state index in [0.29, 0.717) is 23.2 Å². The second-order valence-corrected chi connectivity index (χ2v) is 9.01. The van der Waals surface area contributed by atoms with Crippen LogP contribution in [0.1, 0.15) is 17.2 Å². The minimum Gasteiger partial charge on any atom is -0.367 e. The first-order valence-electron chi connectivity index (χ1n) is 10.1. The fourth-order valence-electron chi connectivity index (χ4n) is 3.06. The van der Waals surface area contributed by atoms with Crippen LogP contribution in [0.4, 0.5) is 0 Å². The number of aromatic nitrogens is 2. The fraction of sp³-hybridized carbons (Fsp3) is 0.125. The van der Waals surface area contributed by atoms with Crippen LogP contribution >= 0.6 is 35.0 Å². The molecule has 0 saturated heterocycles. The molecule has 4 rings (SSSR count). The molecule has 1 aromatic heterocycles. The van der Waals surface area contributed by atoms with Gasteiger partial charge >= 0.3 is 0 Å². The quantitative estimate of drug-likeness (QED) is 0.201. The van der Waals surface area contributed by atoms with Gasteiger partial charge in [0.05, 0.1) is 19.5 Å². The van der Waals surface area contributed by atoms with Crippen molar-refractivity contribution in [2.75, 3.05) is 0 Å². The molecule has 7 nitrogen and oxygen atoms in total. The van der Waals surface area contributed by atoms with Crippen molar-refractivity contribution in [1.29, 1.82) is 0 Å². The third-order valence-corrected chi connectivity index (χ3v) is 6.18. The summed E-state index contributed by atoms with van der Waals surface area (Å²) in [5.41, 5.74) is 2.01. The zero-order valence-corrected chi connectivity index (χ0v) is 20.2. The van der Waals surface area contributed by atoms with Crippen molar-refractivity contribution in [3.8, 4) is 0 Å². The Kier molecular flexibility index (Phi) is 9.78. The summed E-state index contributed by atoms with van der Waals surface area (Å²) in [7, 11) is 0. The molecule has 0 bridgehead atoms. The molecule has 0 saturated carbocycles. The monoisotopic (exact) mass is 517 g/mol. The number of ether oxygens (including phenoxy) is 1. The maximum Gasteiger partial charge on any atom is 0.291 e. The molecule has 3 aromatic carbocycles. The zero-order valence-electron chi connectivity index (χ0n) is 17.8. The predicted octanol–water partition coefficient (Wildman–Crippen LogP) is 6.95. The van der Waals surface area contributed by atoms with E-state index in [1.54, 1.807) is 30.4 Å². The van der Waals surface area contributed by atoms with Crippen molar-refractivity contribution >= 4 is 35.0 Å². The van der Waals surface area contributed by atoms with Crippen molar-refractivity contribution in [3.63, 3.8) is 0 Å². The van der Waals surface area contributed by atoms with Crippen molar-refractivity contribution in [1.82, 2.24) is 9.55 Å². The van der Waals surface area contributed by atoms with Crippen LogP contribution in [-0.2, 0) is 17.9 Å². The molecule has 1 atom stereocenters. The molecule has 1 heterocycles. The summed E-state index contributed by atoms with van der Waals surface area (Å²) >= 11 is 14.3. The second-order valence-electron chi connectivity index (χ2n) is 7.02. The molecule has 1 N–H and O–H groups in total. The Morgan fingerprint density at radius 3 is 2.35 bits per heavy atom. The average Bonchev–Trinajstić information content (AvgIpc) is 3.31. The van der Waals surface area contributed by atoms with Gasteiger partial charge in [0.2, 0.25) is 0 Å². The molecule has 4 aromatic rings. The van der Waals surface area contributed by atoms with E-state index in [4.69, 9.17) is 43.3 Å². The van der Waals surface area contributed by atoms with Gasteiger partial charge in [0.1, 0.15) is 6.10 Å². The van der Waals surface area contributed by atoms with E-state index in [9.17, 15) is 0 Å². The van der Waals surface area contributed by atoms with E-state index in [0.717, 1.165) is 11.1 Å². The molecule has 0 unspecified atom stereocenters. The van der Waals surface area contributed by atoms with Gasteiger partial charge in [-0.2, -0.15) is 0 Å². The number of rotatable bonds is 8. The lowest BCUT2D eigenvalue weighted by Crippen LogP contribution is -2.12. The molecular formula is C24H21Cl2N3O4S. The van der Waals surface area contributed by atoms with Crippen LogP contribution in [0.15, 0.2) is 101 Å². The summed E-state index contributed by atoms with van der Waals surface area (Å²) in [4.78, 5) is 14.9. The number of hydrogen-bond acceptors (Lipinski definition) is 5. The highest BCUT2D eigenvalue weighted by Gasteiger charge is 2.17. The lowest BCUT2D eigenvalue weighted by atomic mass is 10.1. The molecule has 34 heavy (non-hydrogen) atoms. The second kappa shape index (κ2) is 13.0. The Balaban J connectivity index is 0.000000751. The molecule has 0 fully saturated rings. The average molecular weight is 518 g/mol. The lowest BCUT2D eigenvalue weighted by Gasteiger charge is -2.20. The Morgan fingerprint density at radius 1 is 1.06 bits per heavy atom. The number of hydrogen-bond donors (Lipinski definition) is 1. The van der Waals surface area contributed by atoms with Gasteiger partial charge in [0, 0.05) is 37.8 Å². The lowest BCUT2D eigenvalue weighted by molar-refractivity contribution is -0.742. The van der Waals surface area contributed by atoms with E-state index in [-0.39, 0.29) is 6.10 Å². The molecule has 176 valence electrons. The summed E-state index contributed by atoms with van der Waals surface area (Å²) < 4.78 is 8.26. The van der Waals surface area contributed by atoms with E-state index >= 15 is 0 Å². The van der Waals surface area contributed by atoms with Crippen molar-refractivity contribution in [3.05, 3.63) is 123 Å². The number of imidazole rings is 1. The van der Waals surface area contributed by atoms with Gasteiger partial charge in [0.25, 0.3) is 5.09 Å². The van der Waals surface area contributed by atoms with Gasteiger partial charge in [-0.25, -0.2) is 4.98 Å². The minimum absolute atomic E-state index is 0.220. The summed E-state index contributed by atoms with van der Waals surface area (Å²) in [6.45, 7) is 1.10. The normalized spacial score (nSPS) is 11.4. The van der Waals surface area contributed by atoms with Crippen LogP contribution in [0.2, 0.25) is 10.0 Å². The Morgan fingerprint density at radius 2 is 1.74 bits per heavy atom. The summed E-state index contributed by atoms with van der Waals surface area (Å²) in [5.74, 6) is 0. The third kappa shape index (κ3) is 8.39. The predicted molar refractivity (Wildman–Crippen MR) is 132 cm³/mol. The molecule has 0 radical (unpaired) electrons. The summed E-state index contributed by atoms with van der Waals surface area (Å²) in [6, 6.07) is 24.3. The van der Waals surface area contributed by atoms with Crippen LogP contribution in [0.25, 0.3) is 0 Å². The number of benzene rings is 3. The maximum absolute atomic E-state index is 8.36. The van der Waals surface area contributed by atoms with Gasteiger partial charge < -0.3 is 14.5 Å². The van der Waals surface area contributed by atoms with E-state index < -0.39 is 5.09 Å². The Bertz CT molecular complexity index is 1170. The highest BCUT2D eigenvalue weighted by molar-refractivity contribution is 7.99. The molecule has 0 aliphatic carbocycles. The zero-order chi connectivity index (χ0) is 24.3. The number of nitrogens with zero attached hydrogens (tertiary/aromatic N) is 3. The third-order valence-electron chi connectivity index (χ3n) is 4.60. The summed E-state index contributed by atoms with van der Waals surface area (Å²) in [6.07, 6.45) is 5.22. The van der Waals surface area contributed by atoms with E-state index in [2.05, 4.69) is 41.4 Å². The molecule has 0 aliphatic heterocycles. The number of halogens is 2. The highest BCUT2D eigenvalue weighted by Crippen LogP contribution is 2.31. The van der Waals surface area contributed by atoms with E-state index in [1.807, 2.05) is 41.1 Å². The molecule has 0 spiro atoms. The smallest absolute Gasteiger partial charge is 0.291 e. The minimum atomic E-state index is -1.50. The first-order valence-corrected chi connectivity index (χ1v) is 11.7. The van der Waals surface area contributed by atoms with Gasteiger partial charge in [0.15, 0.2) is 0 Å². The van der Waals surface area contributed by atoms with Crippen molar-refractivity contribution < 1.29 is 15.0 Å². The van der Waals surface area contributed by atoms with E-state index in [1.165, 1.54) is 9.79 Å². The standard InChI is InChI=1S/C24H20Cl2N2OS.HNO3/c25-19-8-11-22(23(26)14-19)24(15-28-13-12-27-17-28)29-16-18-6-9-21(10-7-18)30-20-4-2-1-3-5-20;2-1(3)4/h1-14,17,24H,15-16H2;(H,2,3,4)/t24-;/m0./s1. The topological polar surface area (TPSA) is 90.4 Å². The van der Waals surface area contributed by atoms with Crippen LogP contribution in [0, 0.1) is 10.1 Å². The van der Waals surface area contributed by atoms with Crippen molar-refractivity contribution in [2.24, 2.45) is 0 Å². The van der Waals surface area contributed by atoms with Gasteiger partial charge in [-0.05, 0) is 42.0 Å². The Hall–Kier alpha value is -3.04. The first kappa shape index (κ1) is 25.6. The van der Waals surface area contributed by atoms with Gasteiger partial charge in [-0.1, -0.05) is 71.4 Å². The van der Waals surface area contributed by atoms with Crippen molar-refractivity contribution in [2.45, 2.75) is 29.0 Å². The van der Waals surface area contributed by atoms with Crippen LogP contribution in [0.5, 0.6) is 0 Å². The van der Waals surface area contributed by atoms with Gasteiger partial charge in [-0.15, -0.1) is 10.1 Å². The summed E-state index contributed by atoms with van der Waals surface area (Å²) in [5, 5.41) is 14.8. The van der Waals surface area contributed by atoms with Crippen LogP contribution in [-0.4, -0.2) is 19.8 Å². The molecular weight excluding hydrogens is 497 g/mol. The first-order chi connectivity index (χ1) is 16.4. The Labute approximate surface area is 211 Å².